The molecule has 1 aliphatic heterocycles. The molecule has 4 nitrogen and oxygen atoms in total. The van der Waals surface area contributed by atoms with E-state index in [0.29, 0.717) is 18.8 Å². The zero-order valence-corrected chi connectivity index (χ0v) is 8.86. The van der Waals surface area contributed by atoms with Gasteiger partial charge in [0.15, 0.2) is 6.10 Å². The second-order valence-corrected chi connectivity index (χ2v) is 3.69. The fourth-order valence-corrected chi connectivity index (χ4v) is 1.42. The normalized spacial score (nSPS) is 20.6. The van der Waals surface area contributed by atoms with Gasteiger partial charge in [0.25, 0.3) is 0 Å². The smallest absolute Gasteiger partial charge is 0.347 e. The number of halogens is 1. The molecule has 0 spiro atoms. The van der Waals surface area contributed by atoms with Gasteiger partial charge in [0, 0.05) is 6.42 Å². The predicted octanol–water partition coefficient (Wildman–Crippen LogP) is 1.54. The van der Waals surface area contributed by atoms with Gasteiger partial charge in [-0.05, 0) is 28.1 Å². The maximum absolute atomic E-state index is 11.1. The zero-order valence-electron chi connectivity index (χ0n) is 7.27. The fraction of sp³-hybridized carbons (Fsp3) is 0.333. The van der Waals surface area contributed by atoms with Crippen molar-refractivity contribution >= 4 is 21.9 Å². The molecule has 2 heterocycles. The Labute approximate surface area is 89.4 Å². The molecule has 0 bridgehead atoms. The van der Waals surface area contributed by atoms with E-state index in [4.69, 9.17) is 9.47 Å². The molecular formula is C9H8BrNO3. The van der Waals surface area contributed by atoms with Crippen molar-refractivity contribution in [1.82, 2.24) is 4.98 Å². The van der Waals surface area contributed by atoms with Gasteiger partial charge in [0.2, 0.25) is 0 Å². The van der Waals surface area contributed by atoms with Gasteiger partial charge in [-0.15, -0.1) is 0 Å². The van der Waals surface area contributed by atoms with Crippen molar-refractivity contribution in [2.24, 2.45) is 0 Å². The van der Waals surface area contributed by atoms with E-state index in [-0.39, 0.29) is 5.97 Å². The molecule has 1 fully saturated rings. The molecule has 1 aliphatic rings. The Hall–Kier alpha value is -1.10. The lowest BCUT2D eigenvalue weighted by Crippen LogP contribution is -2.21. The number of cyclic esters (lactones) is 1. The molecule has 5 heteroatoms. The summed E-state index contributed by atoms with van der Waals surface area (Å²) in [5, 5.41) is 0. The van der Waals surface area contributed by atoms with Crippen LogP contribution in [0.1, 0.15) is 6.42 Å². The van der Waals surface area contributed by atoms with Crippen LogP contribution in [0.4, 0.5) is 0 Å². The number of carbonyl (C=O) groups excluding carboxylic acids is 1. The van der Waals surface area contributed by atoms with E-state index in [1.54, 1.807) is 18.3 Å². The van der Waals surface area contributed by atoms with E-state index >= 15 is 0 Å². The third-order valence-electron chi connectivity index (χ3n) is 1.87. The third-order valence-corrected chi connectivity index (χ3v) is 2.33. The van der Waals surface area contributed by atoms with Crippen LogP contribution in [0.5, 0.6) is 5.75 Å². The monoisotopic (exact) mass is 257 g/mol. The zero-order chi connectivity index (χ0) is 9.97. The number of ether oxygens (including phenoxy) is 2. The van der Waals surface area contributed by atoms with Gasteiger partial charge in [0.1, 0.15) is 10.4 Å². The molecule has 1 atom stereocenters. The first-order chi connectivity index (χ1) is 6.75. The highest BCUT2D eigenvalue weighted by atomic mass is 79.9. The van der Waals surface area contributed by atoms with Crippen molar-refractivity contribution < 1.29 is 14.3 Å². The highest BCUT2D eigenvalue weighted by molar-refractivity contribution is 9.10. The van der Waals surface area contributed by atoms with E-state index in [0.717, 1.165) is 4.60 Å². The summed E-state index contributed by atoms with van der Waals surface area (Å²) in [6.45, 7) is 0.438. The topological polar surface area (TPSA) is 48.4 Å². The lowest BCUT2D eigenvalue weighted by molar-refractivity contribution is -0.143. The van der Waals surface area contributed by atoms with Crippen molar-refractivity contribution in [3.63, 3.8) is 0 Å². The molecule has 74 valence electrons. The Balaban J connectivity index is 2.03. The molecule has 0 aliphatic carbocycles. The van der Waals surface area contributed by atoms with Crippen molar-refractivity contribution in [3.8, 4) is 5.75 Å². The van der Waals surface area contributed by atoms with Crippen LogP contribution in [0, 0.1) is 0 Å². The van der Waals surface area contributed by atoms with Crippen molar-refractivity contribution in [2.75, 3.05) is 6.61 Å². The number of rotatable bonds is 2. The molecule has 0 N–H and O–H groups in total. The van der Waals surface area contributed by atoms with Gasteiger partial charge in [-0.2, -0.15) is 0 Å². The molecule has 1 saturated heterocycles. The minimum Gasteiger partial charge on any atom is -0.477 e. The van der Waals surface area contributed by atoms with E-state index in [1.165, 1.54) is 0 Å². The van der Waals surface area contributed by atoms with E-state index in [9.17, 15) is 4.79 Å². The van der Waals surface area contributed by atoms with Crippen LogP contribution in [0.3, 0.4) is 0 Å². The molecule has 1 aromatic rings. The average Bonchev–Trinajstić information content (AvgIpc) is 2.56. The van der Waals surface area contributed by atoms with Crippen LogP contribution in [0.2, 0.25) is 0 Å². The molecule has 14 heavy (non-hydrogen) atoms. The van der Waals surface area contributed by atoms with Crippen LogP contribution < -0.4 is 4.74 Å². The molecule has 0 aromatic carbocycles. The first-order valence-corrected chi connectivity index (χ1v) is 5.00. The summed E-state index contributed by atoms with van der Waals surface area (Å²) in [7, 11) is 0. The number of hydrogen-bond acceptors (Lipinski definition) is 4. The third kappa shape index (κ3) is 2.04. The van der Waals surface area contributed by atoms with Crippen molar-refractivity contribution in [2.45, 2.75) is 12.5 Å². The van der Waals surface area contributed by atoms with E-state index in [2.05, 4.69) is 20.9 Å². The lowest BCUT2D eigenvalue weighted by atomic mass is 10.3. The Kier molecular flexibility index (Phi) is 2.67. The molecule has 0 unspecified atom stereocenters. The first-order valence-electron chi connectivity index (χ1n) is 4.20. The number of nitrogens with zero attached hydrogens (tertiary/aromatic N) is 1. The van der Waals surface area contributed by atoms with Crippen LogP contribution in [-0.4, -0.2) is 23.7 Å². The Bertz CT molecular complexity index is 338. The average molecular weight is 258 g/mol. The summed E-state index contributed by atoms with van der Waals surface area (Å²) in [6.07, 6.45) is 1.70. The number of aromatic nitrogens is 1. The second kappa shape index (κ2) is 3.96. The van der Waals surface area contributed by atoms with E-state index in [1.807, 2.05) is 0 Å². The van der Waals surface area contributed by atoms with Crippen LogP contribution >= 0.6 is 15.9 Å². The number of pyridine rings is 1. The molecule has 1 aromatic heterocycles. The summed E-state index contributed by atoms with van der Waals surface area (Å²) < 4.78 is 10.9. The summed E-state index contributed by atoms with van der Waals surface area (Å²) in [6, 6.07) is 3.51. The second-order valence-electron chi connectivity index (χ2n) is 2.88. The molecule has 0 saturated carbocycles. The van der Waals surface area contributed by atoms with Gasteiger partial charge in [-0.3, -0.25) is 0 Å². The fourth-order valence-electron chi connectivity index (χ4n) is 1.18. The maximum Gasteiger partial charge on any atom is 0.347 e. The largest absolute Gasteiger partial charge is 0.477 e. The van der Waals surface area contributed by atoms with Gasteiger partial charge < -0.3 is 9.47 Å². The molecule has 2 rings (SSSR count). The molecule has 0 radical (unpaired) electrons. The van der Waals surface area contributed by atoms with Crippen LogP contribution in [-0.2, 0) is 9.53 Å². The van der Waals surface area contributed by atoms with Crippen LogP contribution in [0.25, 0.3) is 0 Å². The maximum atomic E-state index is 11.1. The quantitative estimate of drug-likeness (QED) is 0.596. The van der Waals surface area contributed by atoms with Gasteiger partial charge >= 0.3 is 5.97 Å². The SMILES string of the molecule is O=C1OCC[C@@H]1Oc1ccc(Br)nc1. The van der Waals surface area contributed by atoms with Crippen molar-refractivity contribution in [3.05, 3.63) is 22.9 Å². The summed E-state index contributed by atoms with van der Waals surface area (Å²) >= 11 is 3.21. The summed E-state index contributed by atoms with van der Waals surface area (Å²) in [4.78, 5) is 15.1. The Morgan fingerprint density at radius 3 is 3.00 bits per heavy atom. The standard InChI is InChI=1S/C9H8BrNO3/c10-8-2-1-6(5-11-8)14-7-3-4-13-9(7)12/h1-2,5,7H,3-4H2/t7-/m0/s1. The van der Waals surface area contributed by atoms with E-state index < -0.39 is 6.10 Å². The molecule has 0 amide bonds. The van der Waals surface area contributed by atoms with Crippen molar-refractivity contribution in [1.29, 1.82) is 0 Å². The van der Waals surface area contributed by atoms with Gasteiger partial charge in [-0.1, -0.05) is 0 Å². The van der Waals surface area contributed by atoms with Gasteiger partial charge in [-0.25, -0.2) is 9.78 Å². The Morgan fingerprint density at radius 1 is 1.57 bits per heavy atom. The number of carbonyl (C=O) groups is 1. The lowest BCUT2D eigenvalue weighted by Gasteiger charge is -2.08. The Morgan fingerprint density at radius 2 is 2.43 bits per heavy atom. The van der Waals surface area contributed by atoms with Gasteiger partial charge in [0.05, 0.1) is 12.8 Å². The predicted molar refractivity (Wildman–Crippen MR) is 51.9 cm³/mol. The molecular weight excluding hydrogens is 250 g/mol. The number of hydrogen-bond donors (Lipinski definition) is 0. The van der Waals surface area contributed by atoms with Crippen LogP contribution in [0.15, 0.2) is 22.9 Å². The summed E-state index contributed by atoms with van der Waals surface area (Å²) in [5.41, 5.74) is 0. The minimum absolute atomic E-state index is 0.298. The number of esters is 1. The highest BCUT2D eigenvalue weighted by Gasteiger charge is 2.28. The summed E-state index contributed by atoms with van der Waals surface area (Å²) in [5.74, 6) is 0.282. The minimum atomic E-state index is -0.474. The highest BCUT2D eigenvalue weighted by Crippen LogP contribution is 2.18. The first kappa shape index (κ1) is 9.45.